The summed E-state index contributed by atoms with van der Waals surface area (Å²) in [5, 5.41) is 0. The molecule has 4 heteroatoms. The summed E-state index contributed by atoms with van der Waals surface area (Å²) >= 11 is 0. The zero-order valence-corrected chi connectivity index (χ0v) is 10.9. The minimum Gasteiger partial charge on any atom is -0.376 e. The quantitative estimate of drug-likeness (QED) is 0.819. The van der Waals surface area contributed by atoms with Crippen molar-refractivity contribution in [3.05, 3.63) is 29.8 Å². The standard InChI is InChI=1S/C14H19N3O/c1-10-5-3-4-6-12(10)17-13(15)16-9-14(17)7-8-18-11(14)2/h3-6,11H,7-9H2,1-2H3,(H2,15,16). The van der Waals surface area contributed by atoms with E-state index < -0.39 is 0 Å². The number of anilines is 1. The van der Waals surface area contributed by atoms with Crippen molar-refractivity contribution in [1.29, 1.82) is 0 Å². The first kappa shape index (κ1) is 11.5. The van der Waals surface area contributed by atoms with Crippen molar-refractivity contribution in [3.8, 4) is 0 Å². The van der Waals surface area contributed by atoms with E-state index in [0.29, 0.717) is 5.96 Å². The molecule has 0 aromatic heterocycles. The number of ether oxygens (including phenoxy) is 1. The van der Waals surface area contributed by atoms with Gasteiger partial charge in [-0.05, 0) is 31.9 Å². The molecule has 4 nitrogen and oxygen atoms in total. The molecule has 1 saturated heterocycles. The minimum absolute atomic E-state index is 0.0871. The molecule has 1 spiro atoms. The number of rotatable bonds is 1. The summed E-state index contributed by atoms with van der Waals surface area (Å²) in [5.74, 6) is 0.613. The molecular formula is C14H19N3O. The molecule has 2 aliphatic heterocycles. The van der Waals surface area contributed by atoms with Crippen LogP contribution in [0, 0.1) is 6.92 Å². The maximum atomic E-state index is 6.12. The van der Waals surface area contributed by atoms with Crippen molar-refractivity contribution in [3.63, 3.8) is 0 Å². The van der Waals surface area contributed by atoms with Crippen LogP contribution < -0.4 is 10.6 Å². The van der Waals surface area contributed by atoms with Crippen molar-refractivity contribution in [1.82, 2.24) is 0 Å². The van der Waals surface area contributed by atoms with Gasteiger partial charge >= 0.3 is 0 Å². The topological polar surface area (TPSA) is 50.8 Å². The molecule has 3 rings (SSSR count). The van der Waals surface area contributed by atoms with Crippen LogP contribution in [0.15, 0.2) is 29.3 Å². The van der Waals surface area contributed by atoms with Gasteiger partial charge in [0, 0.05) is 12.3 Å². The molecule has 2 atom stereocenters. The van der Waals surface area contributed by atoms with E-state index in [4.69, 9.17) is 10.5 Å². The smallest absolute Gasteiger partial charge is 0.196 e. The van der Waals surface area contributed by atoms with Crippen molar-refractivity contribution in [2.24, 2.45) is 10.7 Å². The van der Waals surface area contributed by atoms with E-state index in [0.717, 1.165) is 25.3 Å². The molecule has 2 unspecified atom stereocenters. The van der Waals surface area contributed by atoms with Crippen molar-refractivity contribution in [2.45, 2.75) is 31.9 Å². The summed E-state index contributed by atoms with van der Waals surface area (Å²) in [6.07, 6.45) is 1.13. The van der Waals surface area contributed by atoms with Gasteiger partial charge in [-0.2, -0.15) is 0 Å². The van der Waals surface area contributed by atoms with E-state index in [9.17, 15) is 0 Å². The number of guanidine groups is 1. The van der Waals surface area contributed by atoms with Gasteiger partial charge in [-0.15, -0.1) is 0 Å². The van der Waals surface area contributed by atoms with Crippen LogP contribution in [0.25, 0.3) is 0 Å². The molecule has 0 saturated carbocycles. The van der Waals surface area contributed by atoms with Gasteiger partial charge in [-0.25, -0.2) is 0 Å². The number of nitrogens with zero attached hydrogens (tertiary/aromatic N) is 2. The zero-order chi connectivity index (χ0) is 12.8. The third kappa shape index (κ3) is 1.45. The summed E-state index contributed by atoms with van der Waals surface area (Å²) in [5.41, 5.74) is 8.40. The maximum Gasteiger partial charge on any atom is 0.196 e. The third-order valence-electron chi connectivity index (χ3n) is 4.21. The van der Waals surface area contributed by atoms with E-state index in [2.05, 4.69) is 35.9 Å². The van der Waals surface area contributed by atoms with Gasteiger partial charge in [-0.1, -0.05) is 18.2 Å². The van der Waals surface area contributed by atoms with Gasteiger partial charge in [0.2, 0.25) is 0 Å². The Balaban J connectivity index is 2.08. The van der Waals surface area contributed by atoms with Crippen molar-refractivity contribution < 1.29 is 4.74 Å². The van der Waals surface area contributed by atoms with Gasteiger partial charge in [-0.3, -0.25) is 4.99 Å². The lowest BCUT2D eigenvalue weighted by molar-refractivity contribution is 0.100. The predicted octanol–water partition coefficient (Wildman–Crippen LogP) is 1.68. The Bertz CT molecular complexity index is 500. The molecule has 2 N–H and O–H groups in total. The molecular weight excluding hydrogens is 226 g/mol. The van der Waals surface area contributed by atoms with Gasteiger partial charge in [0.25, 0.3) is 0 Å². The fraction of sp³-hybridized carbons (Fsp3) is 0.500. The van der Waals surface area contributed by atoms with Crippen molar-refractivity contribution >= 4 is 11.6 Å². The van der Waals surface area contributed by atoms with E-state index >= 15 is 0 Å². The first-order chi connectivity index (χ1) is 8.65. The largest absolute Gasteiger partial charge is 0.376 e. The number of nitrogens with two attached hydrogens (primary N) is 1. The third-order valence-corrected chi connectivity index (χ3v) is 4.21. The highest BCUT2D eigenvalue weighted by atomic mass is 16.5. The lowest BCUT2D eigenvalue weighted by atomic mass is 9.90. The minimum atomic E-state index is -0.0871. The second-order valence-electron chi connectivity index (χ2n) is 5.16. The first-order valence-corrected chi connectivity index (χ1v) is 6.42. The van der Waals surface area contributed by atoms with E-state index in [1.165, 1.54) is 5.56 Å². The lowest BCUT2D eigenvalue weighted by Crippen LogP contribution is -2.56. The summed E-state index contributed by atoms with van der Waals surface area (Å²) in [6, 6.07) is 8.30. The molecule has 2 heterocycles. The second-order valence-corrected chi connectivity index (χ2v) is 5.16. The normalized spacial score (nSPS) is 31.1. The average molecular weight is 245 g/mol. The Hall–Kier alpha value is -1.55. The molecule has 0 radical (unpaired) electrons. The Labute approximate surface area is 107 Å². The van der Waals surface area contributed by atoms with Crippen LogP contribution in [-0.2, 0) is 4.74 Å². The monoisotopic (exact) mass is 245 g/mol. The van der Waals surface area contributed by atoms with Gasteiger partial charge < -0.3 is 15.4 Å². The molecule has 0 amide bonds. The molecule has 1 aromatic rings. The van der Waals surface area contributed by atoms with Crippen LogP contribution in [0.2, 0.25) is 0 Å². The molecule has 1 fully saturated rings. The lowest BCUT2D eigenvalue weighted by Gasteiger charge is -2.38. The van der Waals surface area contributed by atoms with E-state index in [-0.39, 0.29) is 11.6 Å². The summed E-state index contributed by atoms with van der Waals surface area (Å²) in [7, 11) is 0. The predicted molar refractivity (Wildman–Crippen MR) is 72.9 cm³/mol. The van der Waals surface area contributed by atoms with Crippen LogP contribution in [0.5, 0.6) is 0 Å². The fourth-order valence-electron chi connectivity index (χ4n) is 3.04. The molecule has 0 aliphatic carbocycles. The van der Waals surface area contributed by atoms with Crippen LogP contribution in [-0.4, -0.2) is 30.8 Å². The highest BCUT2D eigenvalue weighted by Crippen LogP contribution is 2.39. The van der Waals surface area contributed by atoms with Crippen LogP contribution in [0.1, 0.15) is 18.9 Å². The Morgan fingerprint density at radius 2 is 2.22 bits per heavy atom. The second kappa shape index (κ2) is 3.99. The van der Waals surface area contributed by atoms with E-state index in [1.54, 1.807) is 0 Å². The number of para-hydroxylation sites is 1. The average Bonchev–Trinajstić information content (AvgIpc) is 2.87. The number of aryl methyl sites for hydroxylation is 1. The molecule has 0 bridgehead atoms. The van der Waals surface area contributed by atoms with Gasteiger partial charge in [0.15, 0.2) is 5.96 Å². The Morgan fingerprint density at radius 3 is 2.89 bits per heavy atom. The highest BCUT2D eigenvalue weighted by Gasteiger charge is 2.51. The highest BCUT2D eigenvalue weighted by molar-refractivity contribution is 5.99. The molecule has 18 heavy (non-hydrogen) atoms. The number of hydrogen-bond acceptors (Lipinski definition) is 4. The van der Waals surface area contributed by atoms with Gasteiger partial charge in [0.1, 0.15) is 0 Å². The van der Waals surface area contributed by atoms with Crippen LogP contribution in [0.3, 0.4) is 0 Å². The molecule has 1 aromatic carbocycles. The fourth-order valence-corrected chi connectivity index (χ4v) is 3.04. The first-order valence-electron chi connectivity index (χ1n) is 6.42. The molecule has 2 aliphatic rings. The van der Waals surface area contributed by atoms with Crippen LogP contribution in [0.4, 0.5) is 5.69 Å². The summed E-state index contributed by atoms with van der Waals surface area (Å²) in [4.78, 5) is 6.64. The van der Waals surface area contributed by atoms with Crippen LogP contribution >= 0.6 is 0 Å². The van der Waals surface area contributed by atoms with E-state index in [1.807, 2.05) is 12.1 Å². The van der Waals surface area contributed by atoms with Gasteiger partial charge in [0.05, 0.1) is 18.2 Å². The Kier molecular flexibility index (Phi) is 2.55. The SMILES string of the molecule is Cc1ccccc1N1C(N)=NCC12CCOC2C. The maximum absolute atomic E-state index is 6.12. The summed E-state index contributed by atoms with van der Waals surface area (Å²) in [6.45, 7) is 5.74. The van der Waals surface area contributed by atoms with Crippen molar-refractivity contribution in [2.75, 3.05) is 18.1 Å². The number of aliphatic imine (C=N–C) groups is 1. The zero-order valence-electron chi connectivity index (χ0n) is 10.9. The summed E-state index contributed by atoms with van der Waals surface area (Å²) < 4.78 is 5.76. The molecule has 96 valence electrons. The number of hydrogen-bond donors (Lipinski definition) is 1. The Morgan fingerprint density at radius 1 is 1.44 bits per heavy atom. The number of benzene rings is 1.